The average Bonchev–Trinajstić information content (AvgIpc) is 2.82. The highest BCUT2D eigenvalue weighted by Crippen LogP contribution is 2.34. The standard InChI is InChI=1S/C15H20BrNO2/c1-4-6-13(17-5-2)14-8-10-7-11(18-3)9-12(16)15(10)19-14/h7-9,13,17H,4-6H2,1-3H3. The number of halogens is 1. The predicted molar refractivity (Wildman–Crippen MR) is 81.8 cm³/mol. The number of furan rings is 1. The highest BCUT2D eigenvalue weighted by Gasteiger charge is 2.16. The van der Waals surface area contributed by atoms with Gasteiger partial charge in [-0.25, -0.2) is 0 Å². The molecule has 0 amide bonds. The summed E-state index contributed by atoms with van der Waals surface area (Å²) >= 11 is 3.53. The van der Waals surface area contributed by atoms with E-state index in [0.29, 0.717) is 0 Å². The number of benzene rings is 1. The Hall–Kier alpha value is -1.00. The Bertz CT molecular complexity index is 544. The van der Waals surface area contributed by atoms with Gasteiger partial charge in [-0.2, -0.15) is 0 Å². The number of ether oxygens (including phenoxy) is 1. The van der Waals surface area contributed by atoms with Crippen LogP contribution in [0.1, 0.15) is 38.5 Å². The molecular formula is C15H20BrNO2. The van der Waals surface area contributed by atoms with Crippen molar-refractivity contribution in [1.29, 1.82) is 0 Å². The SMILES string of the molecule is CCCC(NCC)c1cc2cc(OC)cc(Br)c2o1. The van der Waals surface area contributed by atoms with E-state index < -0.39 is 0 Å². The summed E-state index contributed by atoms with van der Waals surface area (Å²) in [6, 6.07) is 6.31. The fourth-order valence-corrected chi connectivity index (χ4v) is 2.81. The van der Waals surface area contributed by atoms with E-state index in [1.165, 1.54) is 0 Å². The van der Waals surface area contributed by atoms with E-state index in [1.54, 1.807) is 7.11 Å². The Morgan fingerprint density at radius 3 is 2.74 bits per heavy atom. The van der Waals surface area contributed by atoms with Crippen LogP contribution < -0.4 is 10.1 Å². The molecule has 0 spiro atoms. The molecule has 0 radical (unpaired) electrons. The van der Waals surface area contributed by atoms with Crippen molar-refractivity contribution >= 4 is 26.9 Å². The fraction of sp³-hybridized carbons (Fsp3) is 0.467. The Morgan fingerprint density at radius 1 is 1.32 bits per heavy atom. The fourth-order valence-electron chi connectivity index (χ4n) is 2.27. The summed E-state index contributed by atoms with van der Waals surface area (Å²) in [5.74, 6) is 1.83. The molecule has 3 nitrogen and oxygen atoms in total. The first-order valence-corrected chi connectivity index (χ1v) is 7.49. The van der Waals surface area contributed by atoms with Gasteiger partial charge in [-0.05, 0) is 47.1 Å². The van der Waals surface area contributed by atoms with Gasteiger partial charge >= 0.3 is 0 Å². The number of rotatable bonds is 6. The van der Waals surface area contributed by atoms with E-state index in [1.807, 2.05) is 12.1 Å². The lowest BCUT2D eigenvalue weighted by molar-refractivity contribution is 0.411. The normalized spacial score (nSPS) is 12.8. The lowest BCUT2D eigenvalue weighted by Gasteiger charge is -2.13. The molecule has 0 saturated heterocycles. The van der Waals surface area contributed by atoms with Gasteiger partial charge in [0.25, 0.3) is 0 Å². The highest BCUT2D eigenvalue weighted by atomic mass is 79.9. The molecule has 0 bridgehead atoms. The Balaban J connectivity index is 2.41. The number of hydrogen-bond donors (Lipinski definition) is 1. The van der Waals surface area contributed by atoms with Crippen molar-refractivity contribution in [3.05, 3.63) is 28.4 Å². The lowest BCUT2D eigenvalue weighted by Crippen LogP contribution is -2.20. The van der Waals surface area contributed by atoms with Gasteiger partial charge in [-0.15, -0.1) is 0 Å². The van der Waals surface area contributed by atoms with Gasteiger partial charge in [0.15, 0.2) is 0 Å². The Morgan fingerprint density at radius 2 is 2.11 bits per heavy atom. The Labute approximate surface area is 122 Å². The van der Waals surface area contributed by atoms with Crippen molar-refractivity contribution in [2.45, 2.75) is 32.7 Å². The molecule has 1 heterocycles. The van der Waals surface area contributed by atoms with Crippen molar-refractivity contribution in [3.8, 4) is 5.75 Å². The maximum Gasteiger partial charge on any atom is 0.148 e. The van der Waals surface area contributed by atoms with Crippen molar-refractivity contribution in [3.63, 3.8) is 0 Å². The van der Waals surface area contributed by atoms with E-state index in [-0.39, 0.29) is 6.04 Å². The maximum atomic E-state index is 6.00. The third-order valence-corrected chi connectivity index (χ3v) is 3.76. The number of methoxy groups -OCH3 is 1. The van der Waals surface area contributed by atoms with E-state index in [4.69, 9.17) is 9.15 Å². The van der Waals surface area contributed by atoms with Crippen LogP contribution in [-0.2, 0) is 0 Å². The first-order valence-electron chi connectivity index (χ1n) is 6.70. The van der Waals surface area contributed by atoms with Crippen molar-refractivity contribution in [1.82, 2.24) is 5.32 Å². The number of nitrogens with one attached hydrogen (secondary N) is 1. The molecular weight excluding hydrogens is 306 g/mol. The van der Waals surface area contributed by atoms with Crippen LogP contribution in [0.5, 0.6) is 5.75 Å². The largest absolute Gasteiger partial charge is 0.497 e. The molecule has 1 aromatic heterocycles. The smallest absolute Gasteiger partial charge is 0.148 e. The maximum absolute atomic E-state index is 6.00. The van der Waals surface area contributed by atoms with E-state index >= 15 is 0 Å². The zero-order valence-electron chi connectivity index (χ0n) is 11.6. The molecule has 0 aliphatic heterocycles. The van der Waals surface area contributed by atoms with Crippen LogP contribution in [0.25, 0.3) is 11.0 Å². The second-order valence-electron chi connectivity index (χ2n) is 4.58. The zero-order chi connectivity index (χ0) is 13.8. The summed E-state index contributed by atoms with van der Waals surface area (Å²) < 4.78 is 12.2. The summed E-state index contributed by atoms with van der Waals surface area (Å²) in [5, 5.41) is 4.54. The summed E-state index contributed by atoms with van der Waals surface area (Å²) in [4.78, 5) is 0. The molecule has 1 atom stereocenters. The third kappa shape index (κ3) is 3.12. The van der Waals surface area contributed by atoms with Gasteiger partial charge < -0.3 is 14.5 Å². The third-order valence-electron chi connectivity index (χ3n) is 3.17. The second kappa shape index (κ2) is 6.44. The van der Waals surface area contributed by atoms with Crippen molar-refractivity contribution in [2.24, 2.45) is 0 Å². The molecule has 2 rings (SSSR count). The summed E-state index contributed by atoms with van der Waals surface area (Å²) in [6.07, 6.45) is 2.20. The van der Waals surface area contributed by atoms with Crippen molar-refractivity contribution < 1.29 is 9.15 Å². The van der Waals surface area contributed by atoms with Gasteiger partial charge in [0.1, 0.15) is 17.1 Å². The molecule has 1 N–H and O–H groups in total. The van der Waals surface area contributed by atoms with Gasteiger partial charge in [-0.3, -0.25) is 0 Å². The first-order chi connectivity index (χ1) is 9.19. The van der Waals surface area contributed by atoms with Gasteiger partial charge in [0.05, 0.1) is 17.6 Å². The average molecular weight is 326 g/mol. The summed E-state index contributed by atoms with van der Waals surface area (Å²) in [7, 11) is 1.67. The highest BCUT2D eigenvalue weighted by molar-refractivity contribution is 9.10. The molecule has 1 unspecified atom stereocenters. The lowest BCUT2D eigenvalue weighted by atomic mass is 10.1. The molecule has 104 valence electrons. The Kier molecular flexibility index (Phi) is 4.88. The van der Waals surface area contributed by atoms with Crippen LogP contribution in [0.2, 0.25) is 0 Å². The van der Waals surface area contributed by atoms with Crippen LogP contribution >= 0.6 is 15.9 Å². The quantitative estimate of drug-likeness (QED) is 0.839. The molecule has 2 aromatic rings. The topological polar surface area (TPSA) is 34.4 Å². The molecule has 0 aliphatic carbocycles. The molecule has 0 saturated carbocycles. The van der Waals surface area contributed by atoms with Crippen LogP contribution in [0.3, 0.4) is 0 Å². The number of hydrogen-bond acceptors (Lipinski definition) is 3. The minimum Gasteiger partial charge on any atom is -0.497 e. The second-order valence-corrected chi connectivity index (χ2v) is 5.43. The molecule has 0 aliphatic rings. The predicted octanol–water partition coefficient (Wildman–Crippen LogP) is 4.65. The number of fused-ring (bicyclic) bond motifs is 1. The van der Waals surface area contributed by atoms with Crippen LogP contribution in [0.4, 0.5) is 0 Å². The van der Waals surface area contributed by atoms with Crippen LogP contribution in [-0.4, -0.2) is 13.7 Å². The molecule has 1 aromatic carbocycles. The van der Waals surface area contributed by atoms with Crippen LogP contribution in [0.15, 0.2) is 27.1 Å². The van der Waals surface area contributed by atoms with Gasteiger partial charge in [0, 0.05) is 5.39 Å². The minimum atomic E-state index is 0.278. The molecule has 0 fully saturated rings. The van der Waals surface area contributed by atoms with E-state index in [2.05, 4.69) is 41.2 Å². The summed E-state index contributed by atoms with van der Waals surface area (Å²) in [6.45, 7) is 5.24. The van der Waals surface area contributed by atoms with Crippen LogP contribution in [0, 0.1) is 0 Å². The first kappa shape index (κ1) is 14.4. The monoisotopic (exact) mass is 325 g/mol. The van der Waals surface area contributed by atoms with Gasteiger partial charge in [0.2, 0.25) is 0 Å². The summed E-state index contributed by atoms with van der Waals surface area (Å²) in [5.41, 5.74) is 0.884. The molecule has 19 heavy (non-hydrogen) atoms. The van der Waals surface area contributed by atoms with Crippen molar-refractivity contribution in [2.75, 3.05) is 13.7 Å². The minimum absolute atomic E-state index is 0.278. The van der Waals surface area contributed by atoms with E-state index in [0.717, 1.165) is 46.3 Å². The zero-order valence-corrected chi connectivity index (χ0v) is 13.2. The van der Waals surface area contributed by atoms with E-state index in [9.17, 15) is 0 Å². The van der Waals surface area contributed by atoms with Gasteiger partial charge in [-0.1, -0.05) is 20.3 Å². The molecule has 4 heteroatoms.